The molecule has 7 aromatic rings. The number of hydrogen-bond donors (Lipinski definition) is 2. The normalized spacial score (nSPS) is 12.9. The Balaban J connectivity index is 1.16. The molecule has 0 radical (unpaired) electrons. The number of amides is 1. The highest BCUT2D eigenvalue weighted by Crippen LogP contribution is 2.40. The van der Waals surface area contributed by atoms with Gasteiger partial charge in [-0.15, -0.1) is 0 Å². The van der Waals surface area contributed by atoms with E-state index in [0.29, 0.717) is 18.3 Å². The van der Waals surface area contributed by atoms with Gasteiger partial charge in [-0.25, -0.2) is 9.97 Å². The highest BCUT2D eigenvalue weighted by molar-refractivity contribution is 6.15. The molecule has 0 spiro atoms. The molecule has 10 nitrogen and oxygen atoms in total. The first-order valence-electron chi connectivity index (χ1n) is 14.4. The third kappa shape index (κ3) is 3.98. The number of nitrogens with zero attached hydrogens (tertiary/aromatic N) is 7. The van der Waals surface area contributed by atoms with Crippen LogP contribution in [0.1, 0.15) is 27.2 Å². The van der Waals surface area contributed by atoms with Gasteiger partial charge in [-0.1, -0.05) is 30.3 Å². The monoisotopic (exact) mass is 579 g/mol. The Kier molecular flexibility index (Phi) is 5.67. The van der Waals surface area contributed by atoms with Crippen LogP contribution in [0.2, 0.25) is 0 Å². The van der Waals surface area contributed by atoms with E-state index in [0.717, 1.165) is 72.3 Å². The lowest BCUT2D eigenvalue weighted by atomic mass is 9.96. The van der Waals surface area contributed by atoms with E-state index < -0.39 is 0 Å². The van der Waals surface area contributed by atoms with Crippen LogP contribution in [-0.2, 0) is 20.6 Å². The fraction of sp³-hybridized carbons (Fsp3) is 0.147. The van der Waals surface area contributed by atoms with Crippen LogP contribution in [0.3, 0.4) is 0 Å². The first-order chi connectivity index (χ1) is 21.4. The van der Waals surface area contributed by atoms with Gasteiger partial charge in [-0.2, -0.15) is 10.2 Å². The number of carbonyl (C=O) groups is 1. The maximum atomic E-state index is 13.9. The summed E-state index contributed by atoms with van der Waals surface area (Å²) in [5.74, 6) is 1.15. The summed E-state index contributed by atoms with van der Waals surface area (Å²) in [7, 11) is 3.84. The number of rotatable bonds is 5. The lowest BCUT2D eigenvalue weighted by Crippen LogP contribution is -2.23. The van der Waals surface area contributed by atoms with Crippen LogP contribution in [0.4, 0.5) is 17.5 Å². The van der Waals surface area contributed by atoms with Crippen molar-refractivity contribution >= 4 is 45.2 Å². The third-order valence-corrected chi connectivity index (χ3v) is 8.59. The van der Waals surface area contributed by atoms with Gasteiger partial charge in [0.2, 0.25) is 5.95 Å². The van der Waals surface area contributed by atoms with Crippen LogP contribution in [0.15, 0.2) is 79.3 Å². The van der Waals surface area contributed by atoms with Gasteiger partial charge in [0.05, 0.1) is 35.2 Å². The number of carbonyl (C=O) groups excluding carboxylic acids is 1. The van der Waals surface area contributed by atoms with Crippen molar-refractivity contribution in [2.75, 3.05) is 10.2 Å². The van der Waals surface area contributed by atoms with E-state index in [9.17, 15) is 4.79 Å². The van der Waals surface area contributed by atoms with E-state index in [1.807, 2.05) is 86.4 Å². The van der Waals surface area contributed by atoms with Crippen molar-refractivity contribution < 1.29 is 4.79 Å². The lowest BCUT2D eigenvalue weighted by molar-refractivity contribution is 0.0997. The summed E-state index contributed by atoms with van der Waals surface area (Å²) in [6.07, 6.45) is 5.65. The Labute approximate surface area is 253 Å². The molecule has 44 heavy (non-hydrogen) atoms. The van der Waals surface area contributed by atoms with Crippen molar-refractivity contribution in [3.05, 3.63) is 102 Å². The molecule has 5 heterocycles. The molecule has 10 heteroatoms. The van der Waals surface area contributed by atoms with Crippen molar-refractivity contribution in [3.8, 4) is 22.4 Å². The highest BCUT2D eigenvalue weighted by Gasteiger charge is 2.32. The molecule has 8 rings (SSSR count). The topological polar surface area (TPSA) is 110 Å². The molecular formula is C34H29N9O. The average Bonchev–Trinajstić information content (AvgIpc) is 3.79. The van der Waals surface area contributed by atoms with Crippen molar-refractivity contribution in [1.29, 1.82) is 0 Å². The molecule has 1 aliphatic rings. The van der Waals surface area contributed by atoms with Gasteiger partial charge in [-0.05, 0) is 60.4 Å². The summed E-state index contributed by atoms with van der Waals surface area (Å²) in [5, 5.41) is 14.1. The second-order valence-electron chi connectivity index (χ2n) is 11.3. The molecular weight excluding hydrogens is 550 g/mol. The van der Waals surface area contributed by atoms with Crippen LogP contribution in [0.5, 0.6) is 0 Å². The highest BCUT2D eigenvalue weighted by atomic mass is 16.2. The average molecular weight is 580 g/mol. The van der Waals surface area contributed by atoms with Crippen molar-refractivity contribution in [3.63, 3.8) is 0 Å². The molecule has 0 saturated heterocycles. The minimum atomic E-state index is -0.0108. The molecule has 0 saturated carbocycles. The van der Waals surface area contributed by atoms with Crippen molar-refractivity contribution in [2.45, 2.75) is 20.4 Å². The summed E-state index contributed by atoms with van der Waals surface area (Å²) in [4.78, 5) is 28.5. The van der Waals surface area contributed by atoms with Gasteiger partial charge in [-0.3, -0.25) is 14.2 Å². The number of aryl methyl sites for hydroxylation is 4. The van der Waals surface area contributed by atoms with E-state index in [1.165, 1.54) is 0 Å². The first-order valence-corrected chi connectivity index (χ1v) is 14.4. The molecule has 216 valence electrons. The Bertz CT molecular complexity index is 2250. The number of fused-ring (bicyclic) bond motifs is 3. The number of anilines is 3. The quantitative estimate of drug-likeness (QED) is 0.243. The third-order valence-electron chi connectivity index (χ3n) is 8.59. The van der Waals surface area contributed by atoms with E-state index in [-0.39, 0.29) is 5.91 Å². The van der Waals surface area contributed by atoms with Crippen LogP contribution in [0, 0.1) is 13.8 Å². The zero-order valence-electron chi connectivity index (χ0n) is 24.8. The van der Waals surface area contributed by atoms with E-state index in [2.05, 4.69) is 55.8 Å². The number of para-hydroxylation sites is 1. The van der Waals surface area contributed by atoms with E-state index in [1.54, 1.807) is 4.68 Å². The van der Waals surface area contributed by atoms with Gasteiger partial charge in [0.25, 0.3) is 5.91 Å². The number of hydrogen-bond acceptors (Lipinski definition) is 6. The molecule has 0 unspecified atom stereocenters. The smallest absolute Gasteiger partial charge is 0.259 e. The molecule has 0 aliphatic carbocycles. The van der Waals surface area contributed by atoms with Crippen LogP contribution in [0.25, 0.3) is 44.2 Å². The molecule has 0 atom stereocenters. The predicted octanol–water partition coefficient (Wildman–Crippen LogP) is 6.43. The van der Waals surface area contributed by atoms with E-state index >= 15 is 0 Å². The SMILES string of the molecule is Cc1cnc(Nc2cc(C)n(C)n2)nc1-c1c[nH]c2c(N3Cc4c(cccc4-c4ccc5c(cnn5C)c4)C3=O)cccc12. The second-order valence-corrected chi connectivity index (χ2v) is 11.3. The summed E-state index contributed by atoms with van der Waals surface area (Å²) in [6.45, 7) is 4.47. The van der Waals surface area contributed by atoms with Gasteiger partial charge in [0.1, 0.15) is 0 Å². The molecule has 2 N–H and O–H groups in total. The fourth-order valence-corrected chi connectivity index (χ4v) is 6.20. The molecule has 1 amide bonds. The van der Waals surface area contributed by atoms with Crippen molar-refractivity contribution in [2.24, 2.45) is 14.1 Å². The zero-order chi connectivity index (χ0) is 30.1. The number of H-pyrrole nitrogens is 1. The summed E-state index contributed by atoms with van der Waals surface area (Å²) < 4.78 is 3.67. The molecule has 1 aliphatic heterocycles. The molecule has 4 aromatic heterocycles. The summed E-state index contributed by atoms with van der Waals surface area (Å²) in [6, 6.07) is 20.3. The molecule has 0 bridgehead atoms. The largest absolute Gasteiger partial charge is 0.359 e. The van der Waals surface area contributed by atoms with Crippen LogP contribution in [-0.4, -0.2) is 40.4 Å². The fourth-order valence-electron chi connectivity index (χ4n) is 6.20. The maximum Gasteiger partial charge on any atom is 0.259 e. The number of nitrogens with one attached hydrogen (secondary N) is 2. The van der Waals surface area contributed by atoms with Crippen molar-refractivity contribution in [1.82, 2.24) is 34.5 Å². The predicted molar refractivity (Wildman–Crippen MR) is 172 cm³/mol. The molecule has 3 aromatic carbocycles. The second kappa shape index (κ2) is 9.63. The summed E-state index contributed by atoms with van der Waals surface area (Å²) >= 11 is 0. The van der Waals surface area contributed by atoms with Gasteiger partial charge in [0, 0.05) is 60.1 Å². The minimum Gasteiger partial charge on any atom is -0.359 e. The Morgan fingerprint density at radius 3 is 2.59 bits per heavy atom. The zero-order valence-corrected chi connectivity index (χ0v) is 24.8. The Hall–Kier alpha value is -5.77. The standard InChI is InChI=1S/C34H29N9O/c1-19-15-36-34(38-30-13-20(2)41(3)40-30)39-31(19)26-17-35-32-24(26)8-6-10-29(32)43-18-27-23(7-5-9-25(27)33(43)44)21-11-12-28-22(14-21)16-37-42(28)4/h5-17,35H,18H2,1-4H3,(H,36,38,39,40). The van der Waals surface area contributed by atoms with E-state index in [4.69, 9.17) is 4.98 Å². The Morgan fingerprint density at radius 1 is 0.909 bits per heavy atom. The number of aromatic amines is 1. The number of aromatic nitrogens is 7. The summed E-state index contributed by atoms with van der Waals surface area (Å²) in [5.41, 5.74) is 10.4. The maximum absolute atomic E-state index is 13.9. The van der Waals surface area contributed by atoms with Crippen LogP contribution < -0.4 is 10.2 Å². The number of benzene rings is 3. The van der Waals surface area contributed by atoms with Gasteiger partial charge >= 0.3 is 0 Å². The minimum absolute atomic E-state index is 0.0108. The van der Waals surface area contributed by atoms with Gasteiger partial charge in [0.15, 0.2) is 5.82 Å². The molecule has 0 fully saturated rings. The Morgan fingerprint density at radius 2 is 1.75 bits per heavy atom. The van der Waals surface area contributed by atoms with Crippen LogP contribution >= 0.6 is 0 Å². The lowest BCUT2D eigenvalue weighted by Gasteiger charge is -2.17. The first kappa shape index (κ1) is 25.9. The van der Waals surface area contributed by atoms with Gasteiger partial charge < -0.3 is 15.2 Å².